The van der Waals surface area contributed by atoms with Gasteiger partial charge in [0, 0.05) is 11.8 Å². The molecule has 2 N–H and O–H groups in total. The second-order valence-electron chi connectivity index (χ2n) is 9.71. The van der Waals surface area contributed by atoms with E-state index in [1.165, 1.54) is 12.1 Å². The molecule has 3 heterocycles. The molecule has 2 amide bonds. The van der Waals surface area contributed by atoms with Crippen LogP contribution >= 0.6 is 0 Å². The van der Waals surface area contributed by atoms with Gasteiger partial charge in [0.1, 0.15) is 24.2 Å². The van der Waals surface area contributed by atoms with Crippen molar-refractivity contribution in [1.82, 2.24) is 0 Å². The molecule has 13 heteroatoms. The van der Waals surface area contributed by atoms with E-state index >= 15 is 0 Å². The summed E-state index contributed by atoms with van der Waals surface area (Å²) in [7, 11) is 0. The van der Waals surface area contributed by atoms with Crippen molar-refractivity contribution in [2.75, 3.05) is 4.90 Å². The number of fused-ring (bicyclic) bond motifs is 3. The second-order valence-corrected chi connectivity index (χ2v) is 9.71. The number of carbonyl (C=O) groups excluding carboxylic acids is 2. The highest BCUT2D eigenvalue weighted by molar-refractivity contribution is 6.22. The summed E-state index contributed by atoms with van der Waals surface area (Å²) in [6.07, 6.45) is -11.2. The average molecular weight is 533 g/mol. The van der Waals surface area contributed by atoms with E-state index in [1.54, 1.807) is 6.92 Å². The number of halogens is 6. The first-order chi connectivity index (χ1) is 17.1. The number of ether oxygens (including phenoxy) is 1. The molecule has 3 fully saturated rings. The molecule has 200 valence electrons. The molecule has 2 aromatic rings. The van der Waals surface area contributed by atoms with Crippen molar-refractivity contribution in [1.29, 1.82) is 0 Å². The smallest absolute Gasteiger partial charge is 0.416 e. The number of carbonyl (C=O) groups is 2. The van der Waals surface area contributed by atoms with E-state index in [0.29, 0.717) is 17.0 Å². The standard InChI is InChI=1S/C24H21F6NO6/c1-10-4-15-19(16-8-18(37-22(10,16)35)17-3-2-14(9-32)36-17)21(34)31(20(15)33)13-6-11(23(25,26)27)5-12(7-13)24(28,29)30/h2-3,5-7,10,15-16,18-19,32,35H,4,8-9H2,1H3/t10-,15-,16-,18-,19-,22+/m0/s1. The fraction of sp³-hybridized carbons (Fsp3) is 0.500. The lowest BCUT2D eigenvalue weighted by Crippen LogP contribution is -2.52. The third kappa shape index (κ3) is 4.03. The zero-order chi connectivity index (χ0) is 27.1. The van der Waals surface area contributed by atoms with Crippen molar-refractivity contribution in [2.45, 2.75) is 50.6 Å². The first-order valence-corrected chi connectivity index (χ1v) is 11.4. The van der Waals surface area contributed by atoms with Crippen LogP contribution < -0.4 is 4.90 Å². The third-order valence-electron chi connectivity index (χ3n) is 7.54. The molecular formula is C24H21F6NO6. The van der Waals surface area contributed by atoms with Crippen LogP contribution in [-0.2, 0) is 33.3 Å². The second kappa shape index (κ2) is 8.30. The van der Waals surface area contributed by atoms with Gasteiger partial charge >= 0.3 is 12.4 Å². The fourth-order valence-electron chi connectivity index (χ4n) is 5.80. The number of furan rings is 1. The molecule has 0 bridgehead atoms. The Bertz CT molecular complexity index is 1220. The van der Waals surface area contributed by atoms with Gasteiger partial charge in [-0.3, -0.25) is 14.5 Å². The Labute approximate surface area is 205 Å². The number of rotatable bonds is 3. The topological polar surface area (TPSA) is 100 Å². The number of aliphatic hydroxyl groups is 2. The SMILES string of the molecule is C[C@H]1C[C@@H]2C(=O)N(c3cc(C(F)(F)F)cc(C(F)(F)F)c3)C(=O)[C@@H]2[C@@H]2C[C@@H](c3ccc(CO)o3)O[C@]12O. The molecule has 5 rings (SSSR count). The molecule has 0 spiro atoms. The summed E-state index contributed by atoms with van der Waals surface area (Å²) in [5, 5.41) is 20.6. The van der Waals surface area contributed by atoms with Gasteiger partial charge < -0.3 is 19.4 Å². The number of aliphatic hydroxyl groups excluding tert-OH is 1. The molecule has 6 atom stereocenters. The molecule has 3 aliphatic rings. The van der Waals surface area contributed by atoms with Crippen LogP contribution in [0.15, 0.2) is 34.7 Å². The van der Waals surface area contributed by atoms with E-state index in [1.807, 2.05) is 0 Å². The van der Waals surface area contributed by atoms with E-state index in [9.17, 15) is 46.1 Å². The first kappa shape index (κ1) is 25.7. The van der Waals surface area contributed by atoms with E-state index in [0.717, 1.165) is 0 Å². The van der Waals surface area contributed by atoms with Crippen LogP contribution in [0.5, 0.6) is 0 Å². The number of benzene rings is 1. The van der Waals surface area contributed by atoms with Crippen LogP contribution in [0.2, 0.25) is 0 Å². The zero-order valence-corrected chi connectivity index (χ0v) is 19.1. The van der Waals surface area contributed by atoms with Crippen molar-refractivity contribution in [3.63, 3.8) is 0 Å². The highest BCUT2D eigenvalue weighted by Crippen LogP contribution is 2.58. The summed E-state index contributed by atoms with van der Waals surface area (Å²) in [5.41, 5.74) is -4.14. The Kier molecular flexibility index (Phi) is 5.77. The molecule has 1 aliphatic carbocycles. The van der Waals surface area contributed by atoms with Gasteiger partial charge in [-0.1, -0.05) is 6.92 Å². The molecular weight excluding hydrogens is 512 g/mol. The number of hydrogen-bond acceptors (Lipinski definition) is 6. The summed E-state index contributed by atoms with van der Waals surface area (Å²) in [6, 6.07) is 3.61. The highest BCUT2D eigenvalue weighted by atomic mass is 19.4. The van der Waals surface area contributed by atoms with Gasteiger partial charge in [0.2, 0.25) is 11.8 Å². The Morgan fingerprint density at radius 2 is 1.62 bits per heavy atom. The van der Waals surface area contributed by atoms with Gasteiger partial charge in [0.15, 0.2) is 5.79 Å². The largest absolute Gasteiger partial charge is 0.461 e. The van der Waals surface area contributed by atoms with Crippen LogP contribution in [-0.4, -0.2) is 27.8 Å². The lowest BCUT2D eigenvalue weighted by atomic mass is 9.65. The minimum absolute atomic E-state index is 0.00361. The predicted octanol–water partition coefficient (Wildman–Crippen LogP) is 4.42. The molecule has 1 aromatic heterocycles. The van der Waals surface area contributed by atoms with Gasteiger partial charge in [-0.05, 0) is 43.2 Å². The summed E-state index contributed by atoms with van der Waals surface area (Å²) in [5.74, 6) is -7.30. The summed E-state index contributed by atoms with van der Waals surface area (Å²) < 4.78 is 91.7. The fourth-order valence-corrected chi connectivity index (χ4v) is 5.80. The predicted molar refractivity (Wildman–Crippen MR) is 111 cm³/mol. The number of nitrogens with zero attached hydrogens (tertiary/aromatic N) is 1. The molecule has 0 unspecified atom stereocenters. The van der Waals surface area contributed by atoms with Crippen molar-refractivity contribution >= 4 is 17.5 Å². The Balaban J connectivity index is 1.53. The Hall–Kier alpha value is -2.90. The van der Waals surface area contributed by atoms with Gasteiger partial charge in [-0.2, -0.15) is 26.3 Å². The van der Waals surface area contributed by atoms with Gasteiger partial charge in [-0.25, -0.2) is 0 Å². The van der Waals surface area contributed by atoms with Gasteiger partial charge in [0.05, 0.1) is 28.7 Å². The van der Waals surface area contributed by atoms with Crippen LogP contribution in [0.1, 0.15) is 48.5 Å². The third-order valence-corrected chi connectivity index (χ3v) is 7.54. The van der Waals surface area contributed by atoms with Crippen molar-refractivity contribution in [3.05, 3.63) is 53.0 Å². The van der Waals surface area contributed by atoms with Gasteiger partial charge in [0.25, 0.3) is 0 Å². The minimum atomic E-state index is -5.16. The molecule has 1 aromatic carbocycles. The number of amides is 2. The van der Waals surface area contributed by atoms with Crippen molar-refractivity contribution in [2.24, 2.45) is 23.7 Å². The summed E-state index contributed by atoms with van der Waals surface area (Å²) in [6.45, 7) is 1.19. The normalized spacial score (nSPS) is 32.1. The average Bonchev–Trinajstić information content (AvgIpc) is 3.48. The van der Waals surface area contributed by atoms with Crippen LogP contribution in [0.25, 0.3) is 0 Å². The maximum absolute atomic E-state index is 13.5. The number of anilines is 1. The van der Waals surface area contributed by atoms with Crippen LogP contribution in [0.4, 0.5) is 32.0 Å². The monoisotopic (exact) mass is 533 g/mol. The van der Waals surface area contributed by atoms with E-state index in [2.05, 4.69) is 0 Å². The highest BCUT2D eigenvalue weighted by Gasteiger charge is 2.66. The van der Waals surface area contributed by atoms with Crippen molar-refractivity contribution in [3.8, 4) is 0 Å². The quantitative estimate of drug-likeness (QED) is 0.448. The number of alkyl halides is 6. The first-order valence-electron chi connectivity index (χ1n) is 11.4. The molecule has 1 saturated carbocycles. The van der Waals surface area contributed by atoms with E-state index in [4.69, 9.17) is 9.15 Å². The lowest BCUT2D eigenvalue weighted by Gasteiger charge is -2.43. The molecule has 0 radical (unpaired) electrons. The maximum Gasteiger partial charge on any atom is 0.416 e. The maximum atomic E-state index is 13.5. The summed E-state index contributed by atoms with van der Waals surface area (Å²) >= 11 is 0. The van der Waals surface area contributed by atoms with Gasteiger partial charge in [-0.15, -0.1) is 0 Å². The minimum Gasteiger partial charge on any atom is -0.461 e. The number of imide groups is 1. The summed E-state index contributed by atoms with van der Waals surface area (Å²) in [4.78, 5) is 27.1. The van der Waals surface area contributed by atoms with Crippen LogP contribution in [0.3, 0.4) is 0 Å². The van der Waals surface area contributed by atoms with Crippen LogP contribution in [0, 0.1) is 23.7 Å². The molecule has 2 saturated heterocycles. The van der Waals surface area contributed by atoms with E-state index < -0.39 is 76.5 Å². The molecule has 37 heavy (non-hydrogen) atoms. The Morgan fingerprint density at radius 3 is 2.16 bits per heavy atom. The molecule has 2 aliphatic heterocycles. The lowest BCUT2D eigenvalue weighted by molar-refractivity contribution is -0.266. The van der Waals surface area contributed by atoms with Crippen molar-refractivity contribution < 1.29 is 55.3 Å². The Morgan fingerprint density at radius 1 is 1.00 bits per heavy atom. The molecule has 7 nitrogen and oxygen atoms in total. The zero-order valence-electron chi connectivity index (χ0n) is 19.1. The van der Waals surface area contributed by atoms with E-state index in [-0.39, 0.29) is 37.0 Å². The number of hydrogen-bond donors (Lipinski definition) is 2.